The molecule has 0 unspecified atom stereocenters. The summed E-state index contributed by atoms with van der Waals surface area (Å²) >= 11 is 0. The van der Waals surface area contributed by atoms with Crippen molar-refractivity contribution in [2.75, 3.05) is 48.7 Å². The van der Waals surface area contributed by atoms with Crippen LogP contribution in [0.4, 0.5) is 17.3 Å². The summed E-state index contributed by atoms with van der Waals surface area (Å²) in [4.78, 5) is 13.6. The van der Waals surface area contributed by atoms with Crippen LogP contribution >= 0.6 is 0 Å². The number of rotatable bonds is 5. The smallest absolute Gasteiger partial charge is 0.157 e. The molecular weight excluding hydrogens is 324 g/mol. The summed E-state index contributed by atoms with van der Waals surface area (Å²) in [6, 6.07) is 8.61. The molecule has 0 atom stereocenters. The molecule has 3 N–H and O–H groups in total. The molecule has 1 aromatic heterocycles. The SMILES string of the molecule is Nc1c(NCCN2CCCCC2)ncnc1N1CCc2ccccc2C1. The van der Waals surface area contributed by atoms with Gasteiger partial charge in [0.15, 0.2) is 11.6 Å². The second kappa shape index (κ2) is 7.91. The average molecular weight is 352 g/mol. The summed E-state index contributed by atoms with van der Waals surface area (Å²) in [5, 5.41) is 3.41. The minimum Gasteiger partial charge on any atom is -0.393 e. The highest BCUT2D eigenvalue weighted by Crippen LogP contribution is 2.30. The molecule has 26 heavy (non-hydrogen) atoms. The van der Waals surface area contributed by atoms with E-state index in [-0.39, 0.29) is 0 Å². The molecule has 0 aliphatic carbocycles. The van der Waals surface area contributed by atoms with Crippen LogP contribution in [-0.4, -0.2) is 47.6 Å². The van der Waals surface area contributed by atoms with E-state index >= 15 is 0 Å². The van der Waals surface area contributed by atoms with Gasteiger partial charge in [-0.3, -0.25) is 0 Å². The molecule has 1 aromatic carbocycles. The van der Waals surface area contributed by atoms with Crippen LogP contribution in [0.2, 0.25) is 0 Å². The summed E-state index contributed by atoms with van der Waals surface area (Å²) in [7, 11) is 0. The van der Waals surface area contributed by atoms with Gasteiger partial charge in [0.2, 0.25) is 0 Å². The fourth-order valence-corrected chi connectivity index (χ4v) is 3.97. The van der Waals surface area contributed by atoms with Gasteiger partial charge in [-0.2, -0.15) is 0 Å². The molecule has 138 valence electrons. The molecule has 0 bridgehead atoms. The first-order valence-electron chi connectivity index (χ1n) is 9.70. The topological polar surface area (TPSA) is 70.3 Å². The van der Waals surface area contributed by atoms with Crippen LogP contribution in [0.3, 0.4) is 0 Å². The van der Waals surface area contributed by atoms with Gasteiger partial charge in [0.1, 0.15) is 12.0 Å². The Balaban J connectivity index is 1.41. The van der Waals surface area contributed by atoms with Crippen molar-refractivity contribution in [1.29, 1.82) is 0 Å². The van der Waals surface area contributed by atoms with Crippen molar-refractivity contribution in [3.63, 3.8) is 0 Å². The normalized spacial score (nSPS) is 17.8. The van der Waals surface area contributed by atoms with Crippen molar-refractivity contribution in [1.82, 2.24) is 14.9 Å². The third-order valence-corrected chi connectivity index (χ3v) is 5.46. The second-order valence-electron chi connectivity index (χ2n) is 7.23. The van der Waals surface area contributed by atoms with Crippen molar-refractivity contribution in [3.8, 4) is 0 Å². The lowest BCUT2D eigenvalue weighted by molar-refractivity contribution is 0.237. The Hall–Kier alpha value is -2.34. The average Bonchev–Trinajstić information content (AvgIpc) is 2.70. The van der Waals surface area contributed by atoms with Crippen LogP contribution in [-0.2, 0) is 13.0 Å². The maximum absolute atomic E-state index is 6.41. The molecule has 6 heteroatoms. The second-order valence-corrected chi connectivity index (χ2v) is 7.23. The summed E-state index contributed by atoms with van der Waals surface area (Å²) in [6.45, 7) is 6.11. The van der Waals surface area contributed by atoms with Crippen molar-refractivity contribution in [2.24, 2.45) is 0 Å². The van der Waals surface area contributed by atoms with Crippen LogP contribution in [0.25, 0.3) is 0 Å². The summed E-state index contributed by atoms with van der Waals surface area (Å²) in [5.74, 6) is 1.60. The number of nitrogen functional groups attached to an aromatic ring is 1. The number of nitrogens with two attached hydrogens (primary N) is 1. The van der Waals surface area contributed by atoms with Gasteiger partial charge in [0.05, 0.1) is 0 Å². The number of benzene rings is 1. The Labute approximate surface area is 155 Å². The van der Waals surface area contributed by atoms with Gasteiger partial charge in [0, 0.05) is 26.2 Å². The monoisotopic (exact) mass is 352 g/mol. The number of nitrogens with zero attached hydrogens (tertiary/aromatic N) is 4. The van der Waals surface area contributed by atoms with E-state index in [1.807, 2.05) is 0 Å². The standard InChI is InChI=1S/C20H28N6/c21-18-19(22-9-13-25-10-4-1-5-11-25)23-15-24-20(18)26-12-8-16-6-2-3-7-17(16)14-26/h2-3,6-7,15H,1,4-5,8-14,21H2,(H,22,23,24). The number of fused-ring (bicyclic) bond motifs is 1. The van der Waals surface area contributed by atoms with Gasteiger partial charge in [-0.1, -0.05) is 30.7 Å². The molecule has 0 amide bonds. The Morgan fingerprint density at radius 1 is 1.00 bits per heavy atom. The quantitative estimate of drug-likeness (QED) is 0.862. The van der Waals surface area contributed by atoms with E-state index in [0.29, 0.717) is 5.69 Å². The molecule has 0 saturated carbocycles. The maximum Gasteiger partial charge on any atom is 0.157 e. The molecule has 3 heterocycles. The van der Waals surface area contributed by atoms with Crippen LogP contribution in [0, 0.1) is 0 Å². The lowest BCUT2D eigenvalue weighted by atomic mass is 10.00. The van der Waals surface area contributed by atoms with Crippen molar-refractivity contribution < 1.29 is 0 Å². The zero-order valence-electron chi connectivity index (χ0n) is 15.3. The van der Waals surface area contributed by atoms with E-state index in [1.54, 1.807) is 6.33 Å². The van der Waals surface area contributed by atoms with Crippen molar-refractivity contribution >= 4 is 17.3 Å². The number of anilines is 3. The molecule has 0 radical (unpaired) electrons. The Morgan fingerprint density at radius 3 is 2.65 bits per heavy atom. The number of likely N-dealkylation sites (tertiary alicyclic amines) is 1. The fourth-order valence-electron chi connectivity index (χ4n) is 3.97. The van der Waals surface area contributed by atoms with Gasteiger partial charge >= 0.3 is 0 Å². The van der Waals surface area contributed by atoms with E-state index < -0.39 is 0 Å². The number of piperidine rings is 1. The van der Waals surface area contributed by atoms with Crippen LogP contribution in [0.15, 0.2) is 30.6 Å². The van der Waals surface area contributed by atoms with Gasteiger partial charge in [-0.25, -0.2) is 9.97 Å². The molecule has 2 aliphatic rings. The summed E-state index contributed by atoms with van der Waals surface area (Å²) in [5.41, 5.74) is 9.85. The predicted octanol–water partition coefficient (Wildman–Crippen LogP) is 2.52. The van der Waals surface area contributed by atoms with Crippen LogP contribution in [0.5, 0.6) is 0 Å². The molecule has 2 aliphatic heterocycles. The first kappa shape index (κ1) is 17.1. The predicted molar refractivity (Wildman–Crippen MR) is 106 cm³/mol. The van der Waals surface area contributed by atoms with Crippen LogP contribution in [0.1, 0.15) is 30.4 Å². The minimum atomic E-state index is 0.658. The molecule has 1 fully saturated rings. The highest BCUT2D eigenvalue weighted by molar-refractivity contribution is 5.75. The Kier molecular flexibility index (Phi) is 5.20. The first-order valence-corrected chi connectivity index (χ1v) is 9.70. The number of hydrogen-bond donors (Lipinski definition) is 2. The summed E-state index contributed by atoms with van der Waals surface area (Å²) in [6.07, 6.45) is 6.64. The van der Waals surface area contributed by atoms with Crippen molar-refractivity contribution in [2.45, 2.75) is 32.2 Å². The van der Waals surface area contributed by atoms with Crippen LogP contribution < -0.4 is 16.0 Å². The number of nitrogens with one attached hydrogen (secondary N) is 1. The zero-order chi connectivity index (χ0) is 17.8. The van der Waals surface area contributed by atoms with Gasteiger partial charge in [-0.05, 0) is 43.5 Å². The molecular formula is C20H28N6. The van der Waals surface area contributed by atoms with Gasteiger partial charge in [-0.15, -0.1) is 0 Å². The highest BCUT2D eigenvalue weighted by atomic mass is 15.2. The fraction of sp³-hybridized carbons (Fsp3) is 0.500. The van der Waals surface area contributed by atoms with E-state index in [9.17, 15) is 0 Å². The lowest BCUT2D eigenvalue weighted by Gasteiger charge is -2.31. The Morgan fingerprint density at radius 2 is 1.81 bits per heavy atom. The summed E-state index contributed by atoms with van der Waals surface area (Å²) < 4.78 is 0. The lowest BCUT2D eigenvalue weighted by Crippen LogP contribution is -2.34. The maximum atomic E-state index is 6.41. The Bertz CT molecular complexity index is 741. The molecule has 4 rings (SSSR count). The number of aromatic nitrogens is 2. The van der Waals surface area contributed by atoms with Gasteiger partial charge < -0.3 is 20.9 Å². The number of hydrogen-bond acceptors (Lipinski definition) is 6. The zero-order valence-corrected chi connectivity index (χ0v) is 15.3. The third kappa shape index (κ3) is 3.75. The van der Waals surface area contributed by atoms with E-state index in [2.05, 4.69) is 49.4 Å². The van der Waals surface area contributed by atoms with Crippen molar-refractivity contribution in [3.05, 3.63) is 41.7 Å². The van der Waals surface area contributed by atoms with E-state index in [4.69, 9.17) is 5.73 Å². The third-order valence-electron chi connectivity index (χ3n) is 5.46. The largest absolute Gasteiger partial charge is 0.393 e. The molecule has 2 aromatic rings. The molecule has 6 nitrogen and oxygen atoms in total. The van der Waals surface area contributed by atoms with E-state index in [0.717, 1.165) is 44.2 Å². The first-order chi connectivity index (χ1) is 12.8. The van der Waals surface area contributed by atoms with E-state index in [1.165, 1.54) is 43.5 Å². The highest BCUT2D eigenvalue weighted by Gasteiger charge is 2.20. The molecule has 1 saturated heterocycles. The minimum absolute atomic E-state index is 0.658. The molecule has 0 spiro atoms. The van der Waals surface area contributed by atoms with Gasteiger partial charge in [0.25, 0.3) is 0 Å².